The molecule has 1 atom stereocenters. The van der Waals surface area contributed by atoms with E-state index in [4.69, 9.17) is 4.74 Å². The van der Waals surface area contributed by atoms with Crippen LogP contribution in [0.4, 0.5) is 0 Å². The molecule has 1 heterocycles. The summed E-state index contributed by atoms with van der Waals surface area (Å²) in [5.41, 5.74) is 2.05. The number of aromatic nitrogens is 2. The highest BCUT2D eigenvalue weighted by Gasteiger charge is 2.24. The summed E-state index contributed by atoms with van der Waals surface area (Å²) in [5.74, 6) is 0.0341. The van der Waals surface area contributed by atoms with Crippen LogP contribution in [0.5, 0.6) is 5.75 Å². The lowest BCUT2D eigenvalue weighted by molar-refractivity contribution is -0.124. The van der Waals surface area contributed by atoms with Crippen LogP contribution in [-0.4, -0.2) is 40.3 Å². The van der Waals surface area contributed by atoms with Crippen molar-refractivity contribution in [3.63, 3.8) is 0 Å². The smallest absolute Gasteiger partial charge is 0.255 e. The fraction of sp³-hybridized carbons (Fsp3) is 0.292. The third kappa shape index (κ3) is 5.51. The zero-order valence-corrected chi connectivity index (χ0v) is 18.5. The molecule has 0 bridgehead atoms. The number of nitrogens with one attached hydrogen (secondary N) is 2. The van der Waals surface area contributed by atoms with Crippen LogP contribution in [0.2, 0.25) is 0 Å². The first-order valence-electron chi connectivity index (χ1n) is 10.1. The van der Waals surface area contributed by atoms with Crippen molar-refractivity contribution in [2.24, 2.45) is 0 Å². The third-order valence-electron chi connectivity index (χ3n) is 4.56. The summed E-state index contributed by atoms with van der Waals surface area (Å²) in [5, 5.41) is 10.3. The minimum absolute atomic E-state index is 0.251. The van der Waals surface area contributed by atoms with Gasteiger partial charge in [0, 0.05) is 17.3 Å². The zero-order valence-electron chi connectivity index (χ0n) is 18.5. The van der Waals surface area contributed by atoms with Crippen LogP contribution < -0.4 is 15.4 Å². The van der Waals surface area contributed by atoms with Crippen molar-refractivity contribution in [3.8, 4) is 22.7 Å². The van der Waals surface area contributed by atoms with Gasteiger partial charge in [0.15, 0.2) is 0 Å². The molecule has 1 unspecified atom stereocenters. The highest BCUT2D eigenvalue weighted by atomic mass is 16.5. The highest BCUT2D eigenvalue weighted by molar-refractivity contribution is 6.02. The van der Waals surface area contributed by atoms with E-state index in [0.29, 0.717) is 17.0 Å². The number of hydrogen-bond donors (Lipinski definition) is 2. The van der Waals surface area contributed by atoms with Crippen LogP contribution in [0, 0.1) is 0 Å². The maximum atomic E-state index is 13.1. The van der Waals surface area contributed by atoms with Crippen LogP contribution in [0.1, 0.15) is 38.1 Å². The number of methoxy groups -OCH3 is 1. The number of benzene rings is 2. The number of carbonyl (C=O) groups excluding carboxylic acids is 2. The maximum Gasteiger partial charge on any atom is 0.255 e. The Labute approximate surface area is 182 Å². The van der Waals surface area contributed by atoms with Gasteiger partial charge in [-0.25, -0.2) is 4.68 Å². The van der Waals surface area contributed by atoms with Crippen LogP contribution in [0.25, 0.3) is 16.9 Å². The van der Waals surface area contributed by atoms with Gasteiger partial charge in [-0.15, -0.1) is 0 Å². The minimum Gasteiger partial charge on any atom is -0.497 e. The second kappa shape index (κ2) is 9.04. The van der Waals surface area contributed by atoms with E-state index in [9.17, 15) is 9.59 Å². The van der Waals surface area contributed by atoms with Crippen LogP contribution in [-0.2, 0) is 4.79 Å². The molecule has 7 heteroatoms. The van der Waals surface area contributed by atoms with Crippen LogP contribution in [0.15, 0.2) is 60.8 Å². The second-order valence-electron chi connectivity index (χ2n) is 8.34. The van der Waals surface area contributed by atoms with Gasteiger partial charge in [0.05, 0.1) is 18.4 Å². The van der Waals surface area contributed by atoms with Crippen molar-refractivity contribution in [2.75, 3.05) is 7.11 Å². The summed E-state index contributed by atoms with van der Waals surface area (Å²) in [6.45, 7) is 7.34. The standard InChI is InChI=1S/C24H28N4O3/c1-16(22(29)26-24(2,3)4)25-23(30)20-15-28(18-11-7-6-8-12-18)27-21(20)17-10-9-13-19(14-17)31-5/h6-16H,1-5H3,(H,25,30)(H,26,29). The molecule has 0 spiro atoms. The number of amides is 2. The van der Waals surface area contributed by atoms with Gasteiger partial charge in [0.2, 0.25) is 5.91 Å². The molecule has 3 aromatic rings. The van der Waals surface area contributed by atoms with Crippen LogP contribution >= 0.6 is 0 Å². The fourth-order valence-corrected chi connectivity index (χ4v) is 3.05. The van der Waals surface area contributed by atoms with Gasteiger partial charge in [-0.1, -0.05) is 30.3 Å². The molecule has 0 saturated heterocycles. The summed E-state index contributed by atoms with van der Waals surface area (Å²) in [7, 11) is 1.59. The Hall–Kier alpha value is -3.61. The van der Waals surface area contributed by atoms with Crippen LogP contribution in [0.3, 0.4) is 0 Å². The SMILES string of the molecule is COc1cccc(-c2nn(-c3ccccc3)cc2C(=O)NC(C)C(=O)NC(C)(C)C)c1. The predicted octanol–water partition coefficient (Wildman–Crippen LogP) is 3.58. The van der Waals surface area contributed by atoms with Gasteiger partial charge >= 0.3 is 0 Å². The van der Waals surface area contributed by atoms with Crippen molar-refractivity contribution in [1.82, 2.24) is 20.4 Å². The Bertz CT molecular complexity index is 1070. The molecule has 162 valence electrons. The molecule has 0 fully saturated rings. The molecule has 31 heavy (non-hydrogen) atoms. The molecule has 2 N–H and O–H groups in total. The summed E-state index contributed by atoms with van der Waals surface area (Å²) in [6.07, 6.45) is 1.67. The van der Waals surface area contributed by atoms with E-state index < -0.39 is 6.04 Å². The molecular formula is C24H28N4O3. The molecule has 0 aliphatic carbocycles. The van der Waals surface area contributed by atoms with E-state index in [1.165, 1.54) is 0 Å². The van der Waals surface area contributed by atoms with Gasteiger partial charge in [0.1, 0.15) is 17.5 Å². The molecule has 1 aromatic heterocycles. The number of carbonyl (C=O) groups is 2. The average molecular weight is 421 g/mol. The topological polar surface area (TPSA) is 85.2 Å². The van der Waals surface area contributed by atoms with Gasteiger partial charge < -0.3 is 15.4 Å². The summed E-state index contributed by atoms with van der Waals surface area (Å²) in [6, 6.07) is 16.2. The van der Waals surface area contributed by atoms with Crippen molar-refractivity contribution >= 4 is 11.8 Å². The molecule has 3 rings (SSSR count). The average Bonchev–Trinajstić information content (AvgIpc) is 3.19. The number of hydrogen-bond acceptors (Lipinski definition) is 4. The van der Waals surface area contributed by atoms with Crippen molar-refractivity contribution < 1.29 is 14.3 Å². The summed E-state index contributed by atoms with van der Waals surface area (Å²) in [4.78, 5) is 25.6. The predicted molar refractivity (Wildman–Crippen MR) is 120 cm³/mol. The molecular weight excluding hydrogens is 392 g/mol. The van der Waals surface area contributed by atoms with E-state index in [2.05, 4.69) is 15.7 Å². The molecule has 0 radical (unpaired) electrons. The first-order valence-corrected chi connectivity index (χ1v) is 10.1. The van der Waals surface area contributed by atoms with Crippen molar-refractivity contribution in [2.45, 2.75) is 39.3 Å². The Morgan fingerprint density at radius 1 is 1.06 bits per heavy atom. The Kier molecular flexibility index (Phi) is 6.44. The van der Waals surface area contributed by atoms with Gasteiger partial charge in [-0.2, -0.15) is 5.10 Å². The lowest BCUT2D eigenvalue weighted by atomic mass is 10.1. The van der Waals surface area contributed by atoms with E-state index in [-0.39, 0.29) is 17.4 Å². The third-order valence-corrected chi connectivity index (χ3v) is 4.56. The fourth-order valence-electron chi connectivity index (χ4n) is 3.05. The zero-order chi connectivity index (χ0) is 22.6. The Morgan fingerprint density at radius 2 is 1.77 bits per heavy atom. The minimum atomic E-state index is -0.704. The van der Waals surface area contributed by atoms with E-state index in [1.807, 2.05) is 75.4 Å². The van der Waals surface area contributed by atoms with E-state index >= 15 is 0 Å². The van der Waals surface area contributed by atoms with E-state index in [0.717, 1.165) is 11.3 Å². The number of nitrogens with zero attached hydrogens (tertiary/aromatic N) is 2. The normalized spacial score (nSPS) is 12.2. The monoisotopic (exact) mass is 420 g/mol. The van der Waals surface area contributed by atoms with Gasteiger partial charge in [0.25, 0.3) is 5.91 Å². The van der Waals surface area contributed by atoms with Crippen molar-refractivity contribution in [1.29, 1.82) is 0 Å². The lowest BCUT2D eigenvalue weighted by Gasteiger charge is -2.23. The number of rotatable bonds is 6. The first-order chi connectivity index (χ1) is 14.7. The summed E-state index contributed by atoms with van der Waals surface area (Å²) >= 11 is 0. The number of para-hydroxylation sites is 1. The van der Waals surface area contributed by atoms with E-state index in [1.54, 1.807) is 24.9 Å². The van der Waals surface area contributed by atoms with Gasteiger partial charge in [-0.3, -0.25) is 9.59 Å². The second-order valence-corrected chi connectivity index (χ2v) is 8.34. The Morgan fingerprint density at radius 3 is 2.42 bits per heavy atom. The molecule has 2 amide bonds. The first kappa shape index (κ1) is 22.1. The van der Waals surface area contributed by atoms with Gasteiger partial charge in [-0.05, 0) is 52.0 Å². The Balaban J connectivity index is 1.96. The lowest BCUT2D eigenvalue weighted by Crippen LogP contribution is -2.50. The number of ether oxygens (including phenoxy) is 1. The van der Waals surface area contributed by atoms with Crippen molar-refractivity contribution in [3.05, 3.63) is 66.4 Å². The molecule has 7 nitrogen and oxygen atoms in total. The highest BCUT2D eigenvalue weighted by Crippen LogP contribution is 2.27. The molecule has 0 saturated carbocycles. The quantitative estimate of drug-likeness (QED) is 0.638. The molecule has 2 aromatic carbocycles. The molecule has 0 aliphatic heterocycles. The maximum absolute atomic E-state index is 13.1. The largest absolute Gasteiger partial charge is 0.497 e. The summed E-state index contributed by atoms with van der Waals surface area (Å²) < 4.78 is 6.98. The molecule has 0 aliphatic rings.